The number of rotatable bonds is 0. The average molecular weight is 239 g/mol. The SMILES string of the molecule is CC1(C)Cc2c(Cl)cc(C(C)(C)C)cc2O1. The zero-order valence-electron chi connectivity index (χ0n) is 10.6. The van der Waals surface area contributed by atoms with Gasteiger partial charge in [0.15, 0.2) is 0 Å². The van der Waals surface area contributed by atoms with Crippen LogP contribution in [0.1, 0.15) is 45.7 Å². The molecule has 0 unspecified atom stereocenters. The molecule has 0 spiro atoms. The first-order valence-corrected chi connectivity index (χ1v) is 6.09. The van der Waals surface area contributed by atoms with Crippen molar-refractivity contribution in [1.29, 1.82) is 0 Å². The van der Waals surface area contributed by atoms with Crippen molar-refractivity contribution in [2.75, 3.05) is 0 Å². The monoisotopic (exact) mass is 238 g/mol. The van der Waals surface area contributed by atoms with Gasteiger partial charge in [0, 0.05) is 17.0 Å². The van der Waals surface area contributed by atoms with E-state index in [0.717, 1.165) is 22.8 Å². The summed E-state index contributed by atoms with van der Waals surface area (Å²) < 4.78 is 5.93. The van der Waals surface area contributed by atoms with Crippen LogP contribution in [0.4, 0.5) is 0 Å². The second-order valence-electron chi connectivity index (χ2n) is 6.22. The predicted molar refractivity (Wildman–Crippen MR) is 68.6 cm³/mol. The molecule has 1 heterocycles. The van der Waals surface area contributed by atoms with Gasteiger partial charge in [0.05, 0.1) is 0 Å². The van der Waals surface area contributed by atoms with E-state index in [4.69, 9.17) is 16.3 Å². The second kappa shape index (κ2) is 3.40. The first-order chi connectivity index (χ1) is 7.19. The Bertz CT molecular complexity index is 427. The molecule has 0 saturated carbocycles. The maximum absolute atomic E-state index is 6.33. The molecule has 0 atom stereocenters. The zero-order chi connectivity index (χ0) is 12.1. The van der Waals surface area contributed by atoms with Gasteiger partial charge in [-0.1, -0.05) is 32.4 Å². The molecule has 1 nitrogen and oxygen atoms in total. The van der Waals surface area contributed by atoms with Gasteiger partial charge in [0.1, 0.15) is 11.4 Å². The van der Waals surface area contributed by atoms with Crippen molar-refractivity contribution in [3.63, 3.8) is 0 Å². The van der Waals surface area contributed by atoms with E-state index in [-0.39, 0.29) is 11.0 Å². The Morgan fingerprint density at radius 1 is 1.25 bits per heavy atom. The van der Waals surface area contributed by atoms with E-state index in [9.17, 15) is 0 Å². The van der Waals surface area contributed by atoms with E-state index in [1.807, 2.05) is 0 Å². The summed E-state index contributed by atoms with van der Waals surface area (Å²) in [5, 5.41) is 0.841. The molecule has 2 heteroatoms. The van der Waals surface area contributed by atoms with Crippen LogP contribution in [-0.4, -0.2) is 5.60 Å². The maximum atomic E-state index is 6.33. The Kier molecular flexibility index (Phi) is 2.50. The Hall–Kier alpha value is -0.690. The van der Waals surface area contributed by atoms with Crippen LogP contribution < -0.4 is 4.74 Å². The van der Waals surface area contributed by atoms with Crippen LogP contribution in [0.2, 0.25) is 5.02 Å². The summed E-state index contributed by atoms with van der Waals surface area (Å²) in [6.07, 6.45) is 0.894. The van der Waals surface area contributed by atoms with Crippen molar-refractivity contribution in [2.24, 2.45) is 0 Å². The summed E-state index contributed by atoms with van der Waals surface area (Å²) in [5.74, 6) is 0.961. The van der Waals surface area contributed by atoms with Gasteiger partial charge >= 0.3 is 0 Å². The van der Waals surface area contributed by atoms with Crippen molar-refractivity contribution in [2.45, 2.75) is 52.1 Å². The molecule has 0 aliphatic carbocycles. The van der Waals surface area contributed by atoms with Crippen LogP contribution in [0.15, 0.2) is 12.1 Å². The van der Waals surface area contributed by atoms with Crippen LogP contribution in [0, 0.1) is 0 Å². The highest BCUT2D eigenvalue weighted by Crippen LogP contribution is 2.42. The van der Waals surface area contributed by atoms with Crippen molar-refractivity contribution < 1.29 is 4.74 Å². The molecular formula is C14H19ClO. The second-order valence-corrected chi connectivity index (χ2v) is 6.63. The van der Waals surface area contributed by atoms with E-state index >= 15 is 0 Å². The fourth-order valence-electron chi connectivity index (χ4n) is 2.07. The summed E-state index contributed by atoms with van der Waals surface area (Å²) in [4.78, 5) is 0. The lowest BCUT2D eigenvalue weighted by Gasteiger charge is -2.21. The first-order valence-electron chi connectivity index (χ1n) is 5.71. The summed E-state index contributed by atoms with van der Waals surface area (Å²) in [5.41, 5.74) is 2.37. The molecular weight excluding hydrogens is 220 g/mol. The van der Waals surface area contributed by atoms with Crippen molar-refractivity contribution in [1.82, 2.24) is 0 Å². The van der Waals surface area contributed by atoms with Gasteiger partial charge in [-0.2, -0.15) is 0 Å². The topological polar surface area (TPSA) is 9.23 Å². The smallest absolute Gasteiger partial charge is 0.125 e. The van der Waals surface area contributed by atoms with E-state index in [0.29, 0.717) is 0 Å². The largest absolute Gasteiger partial charge is 0.487 e. The predicted octanol–water partition coefficient (Wildman–Crippen LogP) is 4.35. The van der Waals surface area contributed by atoms with E-state index in [1.165, 1.54) is 5.56 Å². The minimum Gasteiger partial charge on any atom is -0.487 e. The molecule has 0 radical (unpaired) electrons. The highest BCUT2D eigenvalue weighted by atomic mass is 35.5. The molecule has 0 bridgehead atoms. The minimum absolute atomic E-state index is 0.106. The number of hydrogen-bond acceptors (Lipinski definition) is 1. The first kappa shape index (κ1) is 11.8. The van der Waals surface area contributed by atoms with Crippen LogP contribution in [0.5, 0.6) is 5.75 Å². The number of benzene rings is 1. The van der Waals surface area contributed by atoms with Crippen LogP contribution in [0.3, 0.4) is 0 Å². The number of halogens is 1. The highest BCUT2D eigenvalue weighted by molar-refractivity contribution is 6.31. The molecule has 1 aliphatic rings. The molecule has 1 aromatic carbocycles. The fourth-order valence-corrected chi connectivity index (χ4v) is 2.34. The lowest BCUT2D eigenvalue weighted by atomic mass is 9.86. The summed E-state index contributed by atoms with van der Waals surface area (Å²) >= 11 is 6.33. The third-order valence-corrected chi connectivity index (χ3v) is 3.35. The molecule has 1 aliphatic heterocycles. The normalized spacial score (nSPS) is 18.1. The van der Waals surface area contributed by atoms with Gasteiger partial charge in [0.25, 0.3) is 0 Å². The quantitative estimate of drug-likeness (QED) is 0.653. The van der Waals surface area contributed by atoms with Gasteiger partial charge in [-0.15, -0.1) is 0 Å². The Morgan fingerprint density at radius 3 is 2.44 bits per heavy atom. The number of hydrogen-bond donors (Lipinski definition) is 0. The summed E-state index contributed by atoms with van der Waals surface area (Å²) in [6, 6.07) is 4.21. The molecule has 0 aromatic heterocycles. The average Bonchev–Trinajstić information content (AvgIpc) is 2.38. The lowest BCUT2D eigenvalue weighted by Crippen LogP contribution is -2.24. The minimum atomic E-state index is -0.123. The van der Waals surface area contributed by atoms with Crippen molar-refractivity contribution in [3.8, 4) is 5.75 Å². The van der Waals surface area contributed by atoms with Gasteiger partial charge < -0.3 is 4.74 Å². The van der Waals surface area contributed by atoms with E-state index in [2.05, 4.69) is 46.8 Å². The standard InChI is InChI=1S/C14H19ClO/c1-13(2,3)9-6-11(15)10-8-14(4,5)16-12(10)7-9/h6-7H,8H2,1-5H3. The Morgan fingerprint density at radius 2 is 1.88 bits per heavy atom. The molecule has 0 N–H and O–H groups in total. The molecule has 16 heavy (non-hydrogen) atoms. The van der Waals surface area contributed by atoms with Gasteiger partial charge in [-0.3, -0.25) is 0 Å². The third kappa shape index (κ3) is 2.06. The number of fused-ring (bicyclic) bond motifs is 1. The van der Waals surface area contributed by atoms with E-state index < -0.39 is 0 Å². The fraction of sp³-hybridized carbons (Fsp3) is 0.571. The van der Waals surface area contributed by atoms with Crippen LogP contribution >= 0.6 is 11.6 Å². The zero-order valence-corrected chi connectivity index (χ0v) is 11.4. The molecule has 0 saturated heterocycles. The molecule has 88 valence electrons. The molecule has 1 aromatic rings. The van der Waals surface area contributed by atoms with Gasteiger partial charge in [0.2, 0.25) is 0 Å². The van der Waals surface area contributed by atoms with Crippen molar-refractivity contribution >= 4 is 11.6 Å². The molecule has 2 rings (SSSR count). The van der Waals surface area contributed by atoms with Gasteiger partial charge in [-0.05, 0) is 37.0 Å². The molecule has 0 fully saturated rings. The van der Waals surface area contributed by atoms with E-state index in [1.54, 1.807) is 0 Å². The van der Waals surface area contributed by atoms with Crippen LogP contribution in [0.25, 0.3) is 0 Å². The molecule has 0 amide bonds. The summed E-state index contributed by atoms with van der Waals surface area (Å²) in [7, 11) is 0. The Labute approximate surface area is 103 Å². The Balaban J connectivity index is 2.50. The highest BCUT2D eigenvalue weighted by Gasteiger charge is 2.33. The lowest BCUT2D eigenvalue weighted by molar-refractivity contribution is 0.138. The number of ether oxygens (including phenoxy) is 1. The maximum Gasteiger partial charge on any atom is 0.125 e. The van der Waals surface area contributed by atoms with Crippen LogP contribution in [-0.2, 0) is 11.8 Å². The van der Waals surface area contributed by atoms with Gasteiger partial charge in [-0.25, -0.2) is 0 Å². The van der Waals surface area contributed by atoms with Crippen molar-refractivity contribution in [3.05, 3.63) is 28.3 Å². The third-order valence-electron chi connectivity index (χ3n) is 3.01. The summed E-state index contributed by atoms with van der Waals surface area (Å²) in [6.45, 7) is 10.8.